The van der Waals surface area contributed by atoms with Gasteiger partial charge in [-0.3, -0.25) is 0 Å². The highest BCUT2D eigenvalue weighted by Gasteiger charge is 2.26. The smallest absolute Gasteiger partial charge is 0.407 e. The fourth-order valence-electron chi connectivity index (χ4n) is 1.34. The summed E-state index contributed by atoms with van der Waals surface area (Å²) in [5.74, 6) is 0.0334. The van der Waals surface area contributed by atoms with Crippen molar-refractivity contribution in [1.29, 1.82) is 0 Å². The summed E-state index contributed by atoms with van der Waals surface area (Å²) in [6.45, 7) is 1.65. The fourth-order valence-corrected chi connectivity index (χ4v) is 1.34. The maximum Gasteiger partial charge on any atom is 0.407 e. The Morgan fingerprint density at radius 2 is 2.33 bits per heavy atom. The van der Waals surface area contributed by atoms with Crippen LogP contribution < -0.4 is 5.32 Å². The summed E-state index contributed by atoms with van der Waals surface area (Å²) in [5.41, 5.74) is 0. The third-order valence-electron chi connectivity index (χ3n) is 2.14. The average molecular weight is 174 g/mol. The van der Waals surface area contributed by atoms with E-state index in [-0.39, 0.29) is 5.92 Å². The van der Waals surface area contributed by atoms with Crippen LogP contribution in [-0.2, 0) is 0 Å². The summed E-state index contributed by atoms with van der Waals surface area (Å²) >= 11 is 0. The number of hydrogen-bond acceptors (Lipinski definition) is 3. The lowest BCUT2D eigenvalue weighted by atomic mass is 10.1. The lowest BCUT2D eigenvalue weighted by Gasteiger charge is -2.19. The van der Waals surface area contributed by atoms with Crippen LogP contribution in [0.5, 0.6) is 0 Å². The summed E-state index contributed by atoms with van der Waals surface area (Å²) in [5, 5.41) is 20.9. The predicted molar refractivity (Wildman–Crippen MR) is 43.0 cm³/mol. The van der Waals surface area contributed by atoms with Gasteiger partial charge in [0.15, 0.2) is 0 Å². The number of carboxylic acid groups (broad SMARTS) is 1. The number of aliphatic hydroxyl groups excluding tert-OH is 1. The van der Waals surface area contributed by atoms with E-state index in [1.165, 1.54) is 11.9 Å². The Kier molecular flexibility index (Phi) is 2.88. The molecule has 1 heterocycles. The molecule has 0 aromatic heterocycles. The van der Waals surface area contributed by atoms with Crippen LogP contribution in [0.3, 0.4) is 0 Å². The molecule has 0 unspecified atom stereocenters. The maximum absolute atomic E-state index is 10.4. The van der Waals surface area contributed by atoms with Gasteiger partial charge < -0.3 is 20.4 Å². The van der Waals surface area contributed by atoms with E-state index in [0.29, 0.717) is 19.6 Å². The van der Waals surface area contributed by atoms with E-state index in [2.05, 4.69) is 5.32 Å². The number of β-amino-alcohol motifs (C(OH)–C–C–N with tert-alkyl or cyclic N) is 1. The van der Waals surface area contributed by atoms with Crippen molar-refractivity contribution in [2.24, 2.45) is 5.92 Å². The van der Waals surface area contributed by atoms with E-state index < -0.39 is 12.2 Å². The van der Waals surface area contributed by atoms with Crippen LogP contribution in [0.1, 0.15) is 0 Å². The van der Waals surface area contributed by atoms with Crippen molar-refractivity contribution in [3.63, 3.8) is 0 Å². The lowest BCUT2D eigenvalue weighted by Crippen LogP contribution is -2.35. The first-order valence-electron chi connectivity index (χ1n) is 3.94. The molecule has 0 saturated carbocycles. The van der Waals surface area contributed by atoms with Gasteiger partial charge in [0.1, 0.15) is 0 Å². The standard InChI is InChI=1S/C7H14N2O3/c1-9(7(11)12)4-5-2-8-3-6(5)10/h5-6,8,10H,2-4H2,1H3,(H,11,12)/t5-,6-/m1/s1. The molecule has 70 valence electrons. The molecular formula is C7H14N2O3. The number of hydrogen-bond donors (Lipinski definition) is 3. The number of rotatable bonds is 2. The van der Waals surface area contributed by atoms with Crippen LogP contribution in [-0.4, -0.2) is 54.0 Å². The molecule has 0 aliphatic carbocycles. The normalized spacial score (nSPS) is 28.8. The molecule has 1 fully saturated rings. The molecular weight excluding hydrogens is 160 g/mol. The molecule has 1 amide bonds. The first-order valence-corrected chi connectivity index (χ1v) is 3.94. The Bertz CT molecular complexity index is 174. The second-order valence-electron chi connectivity index (χ2n) is 3.15. The zero-order chi connectivity index (χ0) is 9.14. The second-order valence-corrected chi connectivity index (χ2v) is 3.15. The molecule has 2 atom stereocenters. The highest BCUT2D eigenvalue weighted by atomic mass is 16.4. The highest BCUT2D eigenvalue weighted by molar-refractivity contribution is 5.64. The lowest BCUT2D eigenvalue weighted by molar-refractivity contribution is 0.112. The summed E-state index contributed by atoms with van der Waals surface area (Å²) in [4.78, 5) is 11.6. The van der Waals surface area contributed by atoms with Crippen LogP contribution in [0.2, 0.25) is 0 Å². The monoisotopic (exact) mass is 174 g/mol. The van der Waals surface area contributed by atoms with Crippen LogP contribution in [0.25, 0.3) is 0 Å². The number of nitrogens with one attached hydrogen (secondary N) is 1. The summed E-state index contributed by atoms with van der Waals surface area (Å²) in [6.07, 6.45) is -1.36. The van der Waals surface area contributed by atoms with Crippen LogP contribution in [0.4, 0.5) is 4.79 Å². The van der Waals surface area contributed by atoms with E-state index in [1.54, 1.807) is 0 Å². The van der Waals surface area contributed by atoms with Crippen molar-refractivity contribution in [2.45, 2.75) is 6.10 Å². The molecule has 0 bridgehead atoms. The van der Waals surface area contributed by atoms with Gasteiger partial charge in [-0.05, 0) is 0 Å². The Morgan fingerprint density at radius 3 is 2.75 bits per heavy atom. The molecule has 0 radical (unpaired) electrons. The topological polar surface area (TPSA) is 72.8 Å². The number of carbonyl (C=O) groups is 1. The van der Waals surface area contributed by atoms with Crippen molar-refractivity contribution in [1.82, 2.24) is 10.2 Å². The van der Waals surface area contributed by atoms with Gasteiger partial charge in [-0.2, -0.15) is 0 Å². The van der Waals surface area contributed by atoms with Gasteiger partial charge in [0.2, 0.25) is 0 Å². The maximum atomic E-state index is 10.4. The van der Waals surface area contributed by atoms with Crippen molar-refractivity contribution >= 4 is 6.09 Å². The third kappa shape index (κ3) is 2.09. The highest BCUT2D eigenvalue weighted by Crippen LogP contribution is 2.09. The quantitative estimate of drug-likeness (QED) is 0.511. The minimum Gasteiger partial charge on any atom is -0.465 e. The SMILES string of the molecule is CN(C[C@H]1CNC[C@H]1O)C(=O)O. The first-order chi connectivity index (χ1) is 5.61. The Labute approximate surface area is 71.0 Å². The van der Waals surface area contributed by atoms with Gasteiger partial charge in [0.05, 0.1) is 6.10 Å². The minimum absolute atomic E-state index is 0.0334. The summed E-state index contributed by atoms with van der Waals surface area (Å²) in [6, 6.07) is 0. The molecule has 1 saturated heterocycles. The number of amides is 1. The molecule has 5 heteroatoms. The van der Waals surface area contributed by atoms with E-state index in [0.717, 1.165) is 0 Å². The van der Waals surface area contributed by atoms with E-state index >= 15 is 0 Å². The number of aliphatic hydroxyl groups is 1. The molecule has 0 aromatic carbocycles. The van der Waals surface area contributed by atoms with Crippen molar-refractivity contribution in [2.75, 3.05) is 26.7 Å². The molecule has 0 aromatic rings. The van der Waals surface area contributed by atoms with E-state index in [4.69, 9.17) is 5.11 Å². The minimum atomic E-state index is -0.950. The molecule has 1 aliphatic heterocycles. The largest absolute Gasteiger partial charge is 0.465 e. The zero-order valence-electron chi connectivity index (χ0n) is 7.03. The number of nitrogens with zero attached hydrogens (tertiary/aromatic N) is 1. The Morgan fingerprint density at radius 1 is 1.67 bits per heavy atom. The summed E-state index contributed by atoms with van der Waals surface area (Å²) < 4.78 is 0. The van der Waals surface area contributed by atoms with Crippen LogP contribution in [0, 0.1) is 5.92 Å². The van der Waals surface area contributed by atoms with Gasteiger partial charge in [0.25, 0.3) is 0 Å². The van der Waals surface area contributed by atoms with Crippen molar-refractivity contribution in [3.05, 3.63) is 0 Å². The molecule has 1 aliphatic rings. The van der Waals surface area contributed by atoms with Gasteiger partial charge in [-0.15, -0.1) is 0 Å². The third-order valence-corrected chi connectivity index (χ3v) is 2.14. The molecule has 1 rings (SSSR count). The molecule has 3 N–H and O–H groups in total. The summed E-state index contributed by atoms with van der Waals surface area (Å²) in [7, 11) is 1.51. The molecule has 5 nitrogen and oxygen atoms in total. The van der Waals surface area contributed by atoms with Gasteiger partial charge in [0, 0.05) is 32.6 Å². The predicted octanol–water partition coefficient (Wildman–Crippen LogP) is -0.823. The van der Waals surface area contributed by atoms with Gasteiger partial charge >= 0.3 is 6.09 Å². The Hall–Kier alpha value is -0.810. The molecule has 0 spiro atoms. The average Bonchev–Trinajstić information content (AvgIpc) is 2.36. The zero-order valence-corrected chi connectivity index (χ0v) is 7.03. The van der Waals surface area contributed by atoms with Gasteiger partial charge in [-0.25, -0.2) is 4.79 Å². The van der Waals surface area contributed by atoms with E-state index in [1.807, 2.05) is 0 Å². The second kappa shape index (κ2) is 3.73. The van der Waals surface area contributed by atoms with Crippen molar-refractivity contribution < 1.29 is 15.0 Å². The Balaban J connectivity index is 2.35. The van der Waals surface area contributed by atoms with E-state index in [9.17, 15) is 9.90 Å². The van der Waals surface area contributed by atoms with Crippen LogP contribution in [0.15, 0.2) is 0 Å². The first kappa shape index (κ1) is 9.28. The van der Waals surface area contributed by atoms with Crippen molar-refractivity contribution in [3.8, 4) is 0 Å². The fraction of sp³-hybridized carbons (Fsp3) is 0.857. The molecule has 12 heavy (non-hydrogen) atoms. The van der Waals surface area contributed by atoms with Gasteiger partial charge in [-0.1, -0.05) is 0 Å². The van der Waals surface area contributed by atoms with Crippen LogP contribution >= 0.6 is 0 Å².